The number of benzene rings is 1. The zero-order valence-electron chi connectivity index (χ0n) is 9.96. The molecule has 0 aromatic heterocycles. The highest BCUT2D eigenvalue weighted by Gasteiger charge is 2.02. The molecule has 0 amide bonds. The van der Waals surface area contributed by atoms with Crippen molar-refractivity contribution >= 4 is 15.9 Å². The van der Waals surface area contributed by atoms with Crippen LogP contribution in [0.2, 0.25) is 0 Å². The standard InChI is InChI=1S/C13H20BrNO/c1-10-8-12(5-6-13(10)14)9-15-11(2)4-3-7-16/h5-6,8,11,15-16H,3-4,7,9H2,1-2H3. The van der Waals surface area contributed by atoms with Gasteiger partial charge in [-0.05, 0) is 43.9 Å². The molecule has 0 aliphatic rings. The molecular weight excluding hydrogens is 266 g/mol. The molecule has 1 rings (SSSR count). The van der Waals surface area contributed by atoms with Gasteiger partial charge in [0.05, 0.1) is 0 Å². The zero-order valence-corrected chi connectivity index (χ0v) is 11.5. The van der Waals surface area contributed by atoms with Gasteiger partial charge < -0.3 is 10.4 Å². The number of aliphatic hydroxyl groups is 1. The number of halogens is 1. The molecule has 2 nitrogen and oxygen atoms in total. The van der Waals surface area contributed by atoms with E-state index in [-0.39, 0.29) is 6.61 Å². The molecule has 1 aromatic carbocycles. The van der Waals surface area contributed by atoms with E-state index in [2.05, 4.69) is 53.3 Å². The molecule has 0 fully saturated rings. The average molecular weight is 286 g/mol. The third-order valence-corrected chi connectivity index (χ3v) is 3.56. The number of nitrogens with one attached hydrogen (secondary N) is 1. The minimum absolute atomic E-state index is 0.281. The summed E-state index contributed by atoms with van der Waals surface area (Å²) in [7, 11) is 0. The van der Waals surface area contributed by atoms with Gasteiger partial charge in [0.1, 0.15) is 0 Å². The van der Waals surface area contributed by atoms with Gasteiger partial charge in [0.15, 0.2) is 0 Å². The molecule has 0 aliphatic heterocycles. The van der Waals surface area contributed by atoms with E-state index in [9.17, 15) is 0 Å². The molecular formula is C13H20BrNO. The Morgan fingerprint density at radius 1 is 1.44 bits per heavy atom. The summed E-state index contributed by atoms with van der Waals surface area (Å²) in [5, 5.41) is 12.2. The van der Waals surface area contributed by atoms with E-state index < -0.39 is 0 Å². The Bertz CT molecular complexity index is 328. The lowest BCUT2D eigenvalue weighted by Gasteiger charge is -2.13. The molecule has 0 saturated heterocycles. The van der Waals surface area contributed by atoms with E-state index in [1.165, 1.54) is 11.1 Å². The van der Waals surface area contributed by atoms with Crippen molar-refractivity contribution in [3.05, 3.63) is 33.8 Å². The monoisotopic (exact) mass is 285 g/mol. The molecule has 0 heterocycles. The van der Waals surface area contributed by atoms with Crippen molar-refractivity contribution < 1.29 is 5.11 Å². The van der Waals surface area contributed by atoms with E-state index in [4.69, 9.17) is 5.11 Å². The maximum atomic E-state index is 8.73. The normalized spacial score (nSPS) is 12.8. The first kappa shape index (κ1) is 13.7. The van der Waals surface area contributed by atoms with Gasteiger partial charge >= 0.3 is 0 Å². The number of hydrogen-bond acceptors (Lipinski definition) is 2. The Balaban J connectivity index is 2.39. The number of hydrogen-bond donors (Lipinski definition) is 2. The third kappa shape index (κ3) is 4.64. The smallest absolute Gasteiger partial charge is 0.0431 e. The Hall–Kier alpha value is -0.380. The summed E-state index contributed by atoms with van der Waals surface area (Å²) in [4.78, 5) is 0. The lowest BCUT2D eigenvalue weighted by atomic mass is 10.1. The summed E-state index contributed by atoms with van der Waals surface area (Å²) in [6.45, 7) is 5.42. The van der Waals surface area contributed by atoms with Crippen LogP contribution in [0, 0.1) is 6.92 Å². The topological polar surface area (TPSA) is 32.3 Å². The van der Waals surface area contributed by atoms with Crippen LogP contribution in [0.5, 0.6) is 0 Å². The van der Waals surface area contributed by atoms with Crippen LogP contribution < -0.4 is 5.32 Å². The molecule has 1 aromatic rings. The lowest BCUT2D eigenvalue weighted by molar-refractivity contribution is 0.276. The predicted octanol–water partition coefficient (Wildman–Crippen LogP) is 3.01. The van der Waals surface area contributed by atoms with Crippen LogP contribution >= 0.6 is 15.9 Å². The van der Waals surface area contributed by atoms with Crippen LogP contribution in [0.25, 0.3) is 0 Å². The SMILES string of the molecule is Cc1cc(CNC(C)CCCO)ccc1Br. The van der Waals surface area contributed by atoms with Crippen LogP contribution in [0.4, 0.5) is 0 Å². The quantitative estimate of drug-likeness (QED) is 0.842. The summed E-state index contributed by atoms with van der Waals surface area (Å²) >= 11 is 3.50. The highest BCUT2D eigenvalue weighted by Crippen LogP contribution is 2.17. The Morgan fingerprint density at radius 3 is 2.81 bits per heavy atom. The van der Waals surface area contributed by atoms with Crippen molar-refractivity contribution in [3.8, 4) is 0 Å². The Morgan fingerprint density at radius 2 is 2.19 bits per heavy atom. The summed E-state index contributed by atoms with van der Waals surface area (Å²) in [6, 6.07) is 6.86. The largest absolute Gasteiger partial charge is 0.396 e. The van der Waals surface area contributed by atoms with Gasteiger partial charge in [-0.2, -0.15) is 0 Å². The van der Waals surface area contributed by atoms with Crippen molar-refractivity contribution in [2.75, 3.05) is 6.61 Å². The molecule has 1 atom stereocenters. The molecule has 0 aliphatic carbocycles. The van der Waals surface area contributed by atoms with E-state index in [1.54, 1.807) is 0 Å². The van der Waals surface area contributed by atoms with Crippen LogP contribution in [0.1, 0.15) is 30.9 Å². The minimum Gasteiger partial charge on any atom is -0.396 e. The molecule has 16 heavy (non-hydrogen) atoms. The van der Waals surface area contributed by atoms with E-state index >= 15 is 0 Å². The van der Waals surface area contributed by atoms with E-state index in [0.29, 0.717) is 6.04 Å². The number of aryl methyl sites for hydroxylation is 1. The van der Waals surface area contributed by atoms with Gasteiger partial charge in [0.2, 0.25) is 0 Å². The highest BCUT2D eigenvalue weighted by atomic mass is 79.9. The fourth-order valence-electron chi connectivity index (χ4n) is 1.61. The van der Waals surface area contributed by atoms with Crippen molar-refractivity contribution in [2.24, 2.45) is 0 Å². The first-order valence-corrected chi connectivity index (χ1v) is 6.52. The first-order chi connectivity index (χ1) is 7.63. The van der Waals surface area contributed by atoms with Gasteiger partial charge in [-0.1, -0.05) is 28.1 Å². The average Bonchev–Trinajstić information content (AvgIpc) is 2.28. The molecule has 1 unspecified atom stereocenters. The molecule has 0 saturated carbocycles. The van der Waals surface area contributed by atoms with E-state index in [1.807, 2.05) is 0 Å². The van der Waals surface area contributed by atoms with Gasteiger partial charge in [-0.25, -0.2) is 0 Å². The van der Waals surface area contributed by atoms with E-state index in [0.717, 1.165) is 23.9 Å². The molecule has 90 valence electrons. The molecule has 0 bridgehead atoms. The van der Waals surface area contributed by atoms with Gasteiger partial charge in [0.25, 0.3) is 0 Å². The zero-order chi connectivity index (χ0) is 12.0. The molecule has 2 N–H and O–H groups in total. The highest BCUT2D eigenvalue weighted by molar-refractivity contribution is 9.10. The molecule has 0 radical (unpaired) electrons. The van der Waals surface area contributed by atoms with Gasteiger partial charge in [-0.15, -0.1) is 0 Å². The van der Waals surface area contributed by atoms with Crippen LogP contribution in [-0.4, -0.2) is 17.8 Å². The van der Waals surface area contributed by atoms with Crippen LogP contribution in [-0.2, 0) is 6.54 Å². The Kier molecular flexibility index (Phi) is 6.03. The van der Waals surface area contributed by atoms with Crippen LogP contribution in [0.3, 0.4) is 0 Å². The van der Waals surface area contributed by atoms with Gasteiger partial charge in [0, 0.05) is 23.7 Å². The third-order valence-electron chi connectivity index (χ3n) is 2.67. The van der Waals surface area contributed by atoms with Crippen molar-refractivity contribution in [1.29, 1.82) is 0 Å². The van der Waals surface area contributed by atoms with Gasteiger partial charge in [-0.3, -0.25) is 0 Å². The number of aliphatic hydroxyl groups excluding tert-OH is 1. The predicted molar refractivity (Wildman–Crippen MR) is 71.5 cm³/mol. The van der Waals surface area contributed by atoms with Crippen LogP contribution in [0.15, 0.2) is 22.7 Å². The van der Waals surface area contributed by atoms with Crippen molar-refractivity contribution in [1.82, 2.24) is 5.32 Å². The maximum absolute atomic E-state index is 8.73. The fourth-order valence-corrected chi connectivity index (χ4v) is 1.85. The second-order valence-corrected chi connectivity index (χ2v) is 5.09. The molecule has 0 spiro atoms. The summed E-state index contributed by atoms with van der Waals surface area (Å²) < 4.78 is 1.16. The van der Waals surface area contributed by atoms with Crippen molar-refractivity contribution in [3.63, 3.8) is 0 Å². The number of rotatable bonds is 6. The molecule has 3 heteroatoms. The second-order valence-electron chi connectivity index (χ2n) is 4.23. The summed E-state index contributed by atoms with van der Waals surface area (Å²) in [6.07, 6.45) is 1.89. The lowest BCUT2D eigenvalue weighted by Crippen LogP contribution is -2.25. The minimum atomic E-state index is 0.281. The van der Waals surface area contributed by atoms with Crippen molar-refractivity contribution in [2.45, 2.75) is 39.3 Å². The fraction of sp³-hybridized carbons (Fsp3) is 0.538. The summed E-state index contributed by atoms with van der Waals surface area (Å²) in [5.41, 5.74) is 2.57. The second kappa shape index (κ2) is 7.05. The first-order valence-electron chi connectivity index (χ1n) is 5.72. The summed E-state index contributed by atoms with van der Waals surface area (Å²) in [5.74, 6) is 0. The Labute approximate surface area is 106 Å². The maximum Gasteiger partial charge on any atom is 0.0431 e.